The quantitative estimate of drug-likeness (QED) is 0.768. The summed E-state index contributed by atoms with van der Waals surface area (Å²) in [6, 6.07) is 5.85. The Bertz CT molecular complexity index is 722. The summed E-state index contributed by atoms with van der Waals surface area (Å²) < 4.78 is 51.1. The Morgan fingerprint density at radius 2 is 1.94 bits per heavy atom. The van der Waals surface area contributed by atoms with E-state index < -0.39 is 30.2 Å². The first-order chi connectivity index (χ1) is 8.30. The molecule has 0 saturated heterocycles. The van der Waals surface area contributed by atoms with Crippen LogP contribution >= 0.6 is 11.6 Å². The number of halogens is 1. The van der Waals surface area contributed by atoms with Crippen LogP contribution in [0.1, 0.15) is 12.5 Å². The lowest BCUT2D eigenvalue weighted by Crippen LogP contribution is -2.27. The summed E-state index contributed by atoms with van der Waals surface area (Å²) in [4.78, 5) is -0.0784. The molecule has 8 heteroatoms. The van der Waals surface area contributed by atoms with Crippen molar-refractivity contribution in [2.75, 3.05) is 5.88 Å². The molecule has 0 fully saturated rings. The van der Waals surface area contributed by atoms with Crippen LogP contribution in [0.3, 0.4) is 0 Å². The lowest BCUT2D eigenvalue weighted by molar-refractivity contribution is 0.596. The Hall–Kier alpha value is -0.920. The molecule has 0 bridgehead atoms. The van der Waals surface area contributed by atoms with E-state index in [0.29, 0.717) is 0 Å². The van der Waals surface area contributed by atoms with Gasteiger partial charge in [0, 0.05) is 11.4 Å². The molecule has 1 aromatic rings. The molecule has 98 valence electrons. The monoisotopic (exact) mass is 307 g/mol. The molecule has 1 unspecified atom stereocenters. The Labute approximate surface area is 110 Å². The van der Waals surface area contributed by atoms with Crippen molar-refractivity contribution in [3.05, 3.63) is 29.8 Å². The van der Waals surface area contributed by atoms with Crippen LogP contribution in [0.25, 0.3) is 0 Å². The third-order valence-electron chi connectivity index (χ3n) is 2.61. The van der Waals surface area contributed by atoms with Crippen molar-refractivity contribution in [3.63, 3.8) is 0 Å². The minimum absolute atomic E-state index is 0.0784. The zero-order chi connectivity index (χ0) is 13.6. The minimum atomic E-state index is -3.91. The van der Waals surface area contributed by atoms with Gasteiger partial charge in [0.05, 0.1) is 10.1 Å². The summed E-state index contributed by atoms with van der Waals surface area (Å²) in [5.41, 5.74) is 0.120. The maximum atomic E-state index is 12.1. The zero-order valence-corrected chi connectivity index (χ0v) is 11.8. The van der Waals surface area contributed by atoms with Gasteiger partial charge in [-0.3, -0.25) is 0 Å². The third-order valence-corrected chi connectivity index (χ3v) is 6.79. The number of alkyl halides is 1. The maximum Gasteiger partial charge on any atom is 0.284 e. The van der Waals surface area contributed by atoms with Gasteiger partial charge < -0.3 is 0 Å². The fourth-order valence-corrected chi connectivity index (χ4v) is 4.97. The second-order valence-electron chi connectivity index (χ2n) is 3.88. The summed E-state index contributed by atoms with van der Waals surface area (Å²) in [5, 5.41) is -1.30. The molecule has 0 aromatic heterocycles. The molecule has 0 radical (unpaired) electrons. The van der Waals surface area contributed by atoms with Gasteiger partial charge in [-0.05, 0) is 13.0 Å². The normalized spacial score (nSPS) is 19.1. The number of hydrogen-bond donors (Lipinski definition) is 0. The molecule has 1 aliphatic heterocycles. The average Bonchev–Trinajstić information content (AvgIpc) is 2.62. The first-order valence-corrected chi connectivity index (χ1v) is 8.57. The fraction of sp³-hybridized carbons (Fsp3) is 0.300. The van der Waals surface area contributed by atoms with Crippen LogP contribution < -0.4 is 0 Å². The number of sulfonamides is 1. The summed E-state index contributed by atoms with van der Waals surface area (Å²) >= 11 is 5.53. The highest BCUT2D eigenvalue weighted by atomic mass is 35.5. The SMILES string of the molecule is CC(CCl)S(=O)(=O)C1=NS(=O)(=O)c2ccccc21. The lowest BCUT2D eigenvalue weighted by atomic mass is 10.2. The van der Waals surface area contributed by atoms with Gasteiger partial charge in [0.2, 0.25) is 9.84 Å². The molecule has 2 rings (SSSR count). The predicted octanol–water partition coefficient (Wildman–Crippen LogP) is 1.18. The Morgan fingerprint density at radius 3 is 2.56 bits per heavy atom. The Morgan fingerprint density at radius 1 is 1.33 bits per heavy atom. The van der Waals surface area contributed by atoms with Crippen molar-refractivity contribution < 1.29 is 16.8 Å². The van der Waals surface area contributed by atoms with E-state index in [2.05, 4.69) is 4.40 Å². The molecular weight excluding hydrogens is 298 g/mol. The van der Waals surface area contributed by atoms with E-state index in [1.54, 1.807) is 6.07 Å². The van der Waals surface area contributed by atoms with Crippen molar-refractivity contribution >= 4 is 36.5 Å². The number of hydrogen-bond acceptors (Lipinski definition) is 4. The summed E-state index contributed by atoms with van der Waals surface area (Å²) in [7, 11) is -7.75. The van der Waals surface area contributed by atoms with E-state index in [-0.39, 0.29) is 16.3 Å². The predicted molar refractivity (Wildman–Crippen MR) is 69.3 cm³/mol. The molecule has 1 aromatic carbocycles. The van der Waals surface area contributed by atoms with Crippen LogP contribution in [0.5, 0.6) is 0 Å². The molecule has 0 N–H and O–H groups in total. The largest absolute Gasteiger partial charge is 0.284 e. The van der Waals surface area contributed by atoms with Gasteiger partial charge in [0.25, 0.3) is 10.0 Å². The molecule has 18 heavy (non-hydrogen) atoms. The lowest BCUT2D eigenvalue weighted by Gasteiger charge is -2.09. The first-order valence-electron chi connectivity index (χ1n) is 5.05. The molecule has 1 heterocycles. The Kier molecular flexibility index (Phi) is 3.25. The summed E-state index contributed by atoms with van der Waals surface area (Å²) in [6.07, 6.45) is 0. The van der Waals surface area contributed by atoms with Crippen LogP contribution in [0, 0.1) is 0 Å². The van der Waals surface area contributed by atoms with Gasteiger partial charge in [-0.1, -0.05) is 18.2 Å². The topological polar surface area (TPSA) is 80.6 Å². The molecular formula is C10H10ClNO4S2. The van der Waals surface area contributed by atoms with Crippen LogP contribution in [-0.4, -0.2) is 33.0 Å². The smallest absolute Gasteiger partial charge is 0.222 e. The number of benzene rings is 1. The molecule has 1 atom stereocenters. The van der Waals surface area contributed by atoms with Gasteiger partial charge in [-0.2, -0.15) is 8.42 Å². The highest BCUT2D eigenvalue weighted by Crippen LogP contribution is 2.29. The van der Waals surface area contributed by atoms with Gasteiger partial charge in [-0.15, -0.1) is 16.0 Å². The van der Waals surface area contributed by atoms with Crippen LogP contribution in [0.15, 0.2) is 33.6 Å². The molecule has 0 amide bonds. The average molecular weight is 308 g/mol. The van der Waals surface area contributed by atoms with Crippen molar-refractivity contribution in [1.29, 1.82) is 0 Å². The maximum absolute atomic E-state index is 12.1. The van der Waals surface area contributed by atoms with Crippen molar-refractivity contribution in [2.45, 2.75) is 17.1 Å². The third kappa shape index (κ3) is 1.96. The second kappa shape index (κ2) is 4.32. The van der Waals surface area contributed by atoms with E-state index in [0.717, 1.165) is 0 Å². The highest BCUT2D eigenvalue weighted by molar-refractivity contribution is 8.09. The molecule has 0 spiro atoms. The standard InChI is InChI=1S/C10H10ClNO4S2/c1-7(6-11)17(13,14)10-8-4-2-3-5-9(8)18(15,16)12-10/h2-5,7H,6H2,1H3. The zero-order valence-electron chi connectivity index (χ0n) is 9.37. The van der Waals surface area contributed by atoms with Crippen molar-refractivity contribution in [2.24, 2.45) is 4.40 Å². The van der Waals surface area contributed by atoms with E-state index in [1.165, 1.54) is 25.1 Å². The number of nitrogens with zero attached hydrogens (tertiary/aromatic N) is 1. The molecule has 1 aliphatic rings. The fourth-order valence-electron chi connectivity index (χ4n) is 1.55. The Balaban J connectivity index is 2.70. The van der Waals surface area contributed by atoms with Gasteiger partial charge in [0.1, 0.15) is 0 Å². The molecule has 0 saturated carbocycles. The van der Waals surface area contributed by atoms with Gasteiger partial charge in [-0.25, -0.2) is 8.42 Å². The second-order valence-corrected chi connectivity index (χ2v) is 8.04. The highest BCUT2D eigenvalue weighted by Gasteiger charge is 2.38. The van der Waals surface area contributed by atoms with E-state index >= 15 is 0 Å². The van der Waals surface area contributed by atoms with Crippen molar-refractivity contribution in [3.8, 4) is 0 Å². The van der Waals surface area contributed by atoms with E-state index in [1.807, 2.05) is 0 Å². The minimum Gasteiger partial charge on any atom is -0.222 e. The van der Waals surface area contributed by atoms with Crippen molar-refractivity contribution in [1.82, 2.24) is 0 Å². The molecule has 5 nitrogen and oxygen atoms in total. The van der Waals surface area contributed by atoms with E-state index in [9.17, 15) is 16.8 Å². The van der Waals surface area contributed by atoms with Crippen LogP contribution in [-0.2, 0) is 19.9 Å². The van der Waals surface area contributed by atoms with Crippen LogP contribution in [0.4, 0.5) is 0 Å². The van der Waals surface area contributed by atoms with Gasteiger partial charge >= 0.3 is 0 Å². The van der Waals surface area contributed by atoms with Gasteiger partial charge in [0.15, 0.2) is 5.04 Å². The summed E-state index contributed by atoms with van der Waals surface area (Å²) in [5.74, 6) is -0.121. The first kappa shape index (κ1) is 13.5. The summed E-state index contributed by atoms with van der Waals surface area (Å²) in [6.45, 7) is 1.42. The number of rotatable bonds is 2. The van der Waals surface area contributed by atoms with E-state index in [4.69, 9.17) is 11.6 Å². The van der Waals surface area contributed by atoms with Crippen LogP contribution in [0.2, 0.25) is 0 Å². The molecule has 0 aliphatic carbocycles. The number of sulfone groups is 1. The number of fused-ring (bicyclic) bond motifs is 1.